The van der Waals surface area contributed by atoms with Gasteiger partial charge in [0.15, 0.2) is 12.4 Å². The van der Waals surface area contributed by atoms with E-state index in [2.05, 4.69) is 0 Å². The first-order chi connectivity index (χ1) is 12.9. The highest BCUT2D eigenvalue weighted by atomic mass is 35.5. The summed E-state index contributed by atoms with van der Waals surface area (Å²) < 4.78 is 21.3. The fraction of sp³-hybridized carbons (Fsp3) is 0.412. The number of aromatic nitrogens is 2. The molecular weight excluding hydrogens is 381 g/mol. The van der Waals surface area contributed by atoms with Gasteiger partial charge < -0.3 is 15.1 Å². The Kier molecular flexibility index (Phi) is 6.08. The van der Waals surface area contributed by atoms with Gasteiger partial charge >= 0.3 is 5.69 Å². The number of aromatic amines is 1. The summed E-state index contributed by atoms with van der Waals surface area (Å²) in [5, 5.41) is 20.3. The van der Waals surface area contributed by atoms with Crippen LogP contribution in [-0.2, 0) is 11.2 Å². The fourth-order valence-electron chi connectivity index (χ4n) is 3.12. The normalized spacial score (nSPS) is 25.2. The van der Waals surface area contributed by atoms with Crippen molar-refractivity contribution in [3.63, 3.8) is 0 Å². The molecule has 1 aliphatic rings. The van der Waals surface area contributed by atoms with E-state index < -0.39 is 42.4 Å². The molecule has 2 heterocycles. The molecule has 0 radical (unpaired) electrons. The van der Waals surface area contributed by atoms with Crippen molar-refractivity contribution < 1.29 is 19.4 Å². The molecule has 10 heteroatoms. The van der Waals surface area contributed by atoms with Gasteiger partial charge in [-0.2, -0.15) is 5.06 Å². The Morgan fingerprint density at radius 2 is 2.00 bits per heavy atom. The minimum atomic E-state index is -1.84. The maximum absolute atomic E-state index is 15.0. The molecule has 0 saturated carbocycles. The molecule has 1 fully saturated rings. The second kappa shape index (κ2) is 8.32. The number of nitrogens with zero attached hydrogens (tertiary/aromatic N) is 2. The summed E-state index contributed by atoms with van der Waals surface area (Å²) in [6.07, 6.45) is -2.93. The molecule has 1 aromatic carbocycles. The van der Waals surface area contributed by atoms with Crippen molar-refractivity contribution in [2.24, 2.45) is 0 Å². The Balaban J connectivity index is 1.79. The predicted molar refractivity (Wildman–Crippen MR) is 94.7 cm³/mol. The van der Waals surface area contributed by atoms with Crippen LogP contribution in [-0.4, -0.2) is 56.4 Å². The SMILES string of the molecule is O=c1[nH]c(=O)n([C@@H]2O[C@H](CO)[C@@H](N(O)CCc3ccccc3)[C@@H]2F)cc1Cl. The number of H-pyrrole nitrogens is 1. The first-order valence-corrected chi connectivity index (χ1v) is 8.71. The highest BCUT2D eigenvalue weighted by Gasteiger charge is 2.49. The van der Waals surface area contributed by atoms with Crippen molar-refractivity contribution in [2.45, 2.75) is 31.0 Å². The van der Waals surface area contributed by atoms with E-state index >= 15 is 4.39 Å². The van der Waals surface area contributed by atoms with Crippen molar-refractivity contribution in [2.75, 3.05) is 13.2 Å². The highest BCUT2D eigenvalue weighted by molar-refractivity contribution is 6.30. The molecule has 1 aliphatic heterocycles. The number of halogens is 2. The molecule has 0 unspecified atom stereocenters. The van der Waals surface area contributed by atoms with Crippen molar-refractivity contribution >= 4 is 11.6 Å². The Hall–Kier alpha value is -2.04. The number of nitrogens with one attached hydrogen (secondary N) is 1. The van der Waals surface area contributed by atoms with Gasteiger partial charge in [0.25, 0.3) is 5.56 Å². The lowest BCUT2D eigenvalue weighted by Crippen LogP contribution is -2.46. The van der Waals surface area contributed by atoms with Gasteiger partial charge in [0.05, 0.1) is 12.6 Å². The molecule has 27 heavy (non-hydrogen) atoms. The average molecular weight is 400 g/mol. The topological polar surface area (TPSA) is 108 Å². The number of hydrogen-bond acceptors (Lipinski definition) is 6. The highest BCUT2D eigenvalue weighted by Crippen LogP contribution is 2.33. The third kappa shape index (κ3) is 4.12. The van der Waals surface area contributed by atoms with Crippen LogP contribution in [0.5, 0.6) is 0 Å². The summed E-state index contributed by atoms with van der Waals surface area (Å²) >= 11 is 5.71. The molecule has 0 spiro atoms. The number of hydrogen-bond donors (Lipinski definition) is 3. The molecule has 2 aromatic rings. The monoisotopic (exact) mass is 399 g/mol. The van der Waals surface area contributed by atoms with E-state index in [4.69, 9.17) is 16.3 Å². The van der Waals surface area contributed by atoms with Crippen molar-refractivity contribution in [1.82, 2.24) is 14.6 Å². The number of aliphatic hydroxyl groups excluding tert-OH is 1. The molecule has 4 atom stereocenters. The van der Waals surface area contributed by atoms with E-state index in [-0.39, 0.29) is 11.6 Å². The summed E-state index contributed by atoms with van der Waals surface area (Å²) in [6.45, 7) is -0.460. The van der Waals surface area contributed by atoms with E-state index in [0.717, 1.165) is 21.4 Å². The van der Waals surface area contributed by atoms with Crippen LogP contribution in [0.25, 0.3) is 0 Å². The summed E-state index contributed by atoms with van der Waals surface area (Å²) in [5.41, 5.74) is -0.747. The smallest absolute Gasteiger partial charge is 0.330 e. The molecule has 1 saturated heterocycles. The maximum Gasteiger partial charge on any atom is 0.330 e. The molecule has 8 nitrogen and oxygen atoms in total. The van der Waals surface area contributed by atoms with Gasteiger partial charge in [-0.3, -0.25) is 14.3 Å². The molecule has 3 N–H and O–H groups in total. The minimum Gasteiger partial charge on any atom is -0.394 e. The van der Waals surface area contributed by atoms with Crippen molar-refractivity contribution in [1.29, 1.82) is 0 Å². The van der Waals surface area contributed by atoms with Crippen molar-refractivity contribution in [3.05, 3.63) is 68.0 Å². The molecule has 146 valence electrons. The molecule has 1 aromatic heterocycles. The summed E-state index contributed by atoms with van der Waals surface area (Å²) in [6, 6.07) is 8.13. The lowest BCUT2D eigenvalue weighted by atomic mass is 10.1. The molecule has 3 rings (SSSR count). The van der Waals surface area contributed by atoms with Gasteiger partial charge in [-0.15, -0.1) is 0 Å². The maximum atomic E-state index is 15.0. The number of benzene rings is 1. The van der Waals surface area contributed by atoms with Crippen LogP contribution >= 0.6 is 11.6 Å². The summed E-state index contributed by atoms with van der Waals surface area (Å²) in [7, 11) is 0. The molecule has 0 amide bonds. The second-order valence-electron chi connectivity index (χ2n) is 6.22. The van der Waals surface area contributed by atoms with Crippen molar-refractivity contribution in [3.8, 4) is 0 Å². The number of rotatable bonds is 6. The van der Waals surface area contributed by atoms with E-state index in [1.165, 1.54) is 0 Å². The van der Waals surface area contributed by atoms with E-state index in [1.807, 2.05) is 35.3 Å². The zero-order valence-corrected chi connectivity index (χ0v) is 14.9. The van der Waals surface area contributed by atoms with Gasteiger partial charge in [0.1, 0.15) is 11.1 Å². The minimum absolute atomic E-state index is 0.100. The van der Waals surface area contributed by atoms with Crippen LogP contribution in [0.2, 0.25) is 5.02 Å². The first kappa shape index (κ1) is 19.7. The van der Waals surface area contributed by atoms with Crippen LogP contribution in [0, 0.1) is 0 Å². The molecule has 0 bridgehead atoms. The van der Waals surface area contributed by atoms with Gasteiger partial charge in [-0.05, 0) is 12.0 Å². The van der Waals surface area contributed by atoms with Gasteiger partial charge in [0.2, 0.25) is 0 Å². The van der Waals surface area contributed by atoms with Crippen LogP contribution in [0.1, 0.15) is 11.8 Å². The predicted octanol–water partition coefficient (Wildman–Crippen LogP) is 0.720. The van der Waals surface area contributed by atoms with Crippen LogP contribution in [0.3, 0.4) is 0 Å². The lowest BCUT2D eigenvalue weighted by molar-refractivity contribution is -0.154. The second-order valence-corrected chi connectivity index (χ2v) is 6.63. The average Bonchev–Trinajstić information content (AvgIpc) is 3.00. The molecule has 0 aliphatic carbocycles. The van der Waals surface area contributed by atoms with Gasteiger partial charge in [-0.25, -0.2) is 9.18 Å². The number of aliphatic hydroxyl groups is 1. The zero-order valence-electron chi connectivity index (χ0n) is 14.2. The Morgan fingerprint density at radius 1 is 1.30 bits per heavy atom. The zero-order chi connectivity index (χ0) is 19.6. The van der Waals surface area contributed by atoms with Crippen LogP contribution in [0.4, 0.5) is 4.39 Å². The quantitative estimate of drug-likeness (QED) is 0.618. The molecular formula is C17H19ClFN3O5. The van der Waals surface area contributed by atoms with E-state index in [0.29, 0.717) is 6.42 Å². The standard InChI is InChI=1S/C17H19ClFN3O5/c18-11-8-21(17(25)20-15(11)24)16-13(19)14(12(9-23)27-16)22(26)7-6-10-4-2-1-3-5-10/h1-5,8,12-14,16,23,26H,6-7,9H2,(H,20,24,25)/t12-,13+,14-,16-/m1/s1. The largest absolute Gasteiger partial charge is 0.394 e. The first-order valence-electron chi connectivity index (χ1n) is 8.33. The third-order valence-electron chi connectivity index (χ3n) is 4.49. The summed E-state index contributed by atoms with van der Waals surface area (Å²) in [5.74, 6) is 0. The van der Waals surface area contributed by atoms with Crippen LogP contribution < -0.4 is 11.2 Å². The lowest BCUT2D eigenvalue weighted by Gasteiger charge is -2.26. The third-order valence-corrected chi connectivity index (χ3v) is 4.76. The Bertz CT molecular complexity index is 890. The number of ether oxygens (including phenoxy) is 1. The Labute approximate surface area is 158 Å². The Morgan fingerprint density at radius 3 is 2.67 bits per heavy atom. The van der Waals surface area contributed by atoms with Gasteiger partial charge in [-0.1, -0.05) is 41.9 Å². The van der Waals surface area contributed by atoms with E-state index in [1.54, 1.807) is 0 Å². The number of hydroxylamine groups is 2. The van der Waals surface area contributed by atoms with E-state index in [9.17, 15) is 19.9 Å². The number of alkyl halides is 1. The fourth-order valence-corrected chi connectivity index (χ4v) is 3.27. The van der Waals surface area contributed by atoms with Gasteiger partial charge in [0, 0.05) is 12.7 Å². The van der Waals surface area contributed by atoms with Crippen LogP contribution in [0.15, 0.2) is 46.1 Å². The summed E-state index contributed by atoms with van der Waals surface area (Å²) in [4.78, 5) is 25.3.